The van der Waals surface area contributed by atoms with E-state index in [0.717, 1.165) is 24.2 Å². The summed E-state index contributed by atoms with van der Waals surface area (Å²) in [4.78, 5) is 2.18. The molecule has 0 aliphatic carbocycles. The van der Waals surface area contributed by atoms with Gasteiger partial charge >= 0.3 is 0 Å². The lowest BCUT2D eigenvalue weighted by Crippen LogP contribution is -2.18. The summed E-state index contributed by atoms with van der Waals surface area (Å²) in [5.41, 5.74) is 3.37. The predicted molar refractivity (Wildman–Crippen MR) is 80.2 cm³/mol. The molecule has 2 aromatic carbocycles. The molecule has 2 aromatic rings. The summed E-state index contributed by atoms with van der Waals surface area (Å²) in [6.45, 7) is 2.84. The smallest absolute Gasteiger partial charge is 0.0807 e. The fourth-order valence-corrected chi connectivity index (χ4v) is 2.28. The number of hydrogen-bond donors (Lipinski definition) is 1. The van der Waals surface area contributed by atoms with Gasteiger partial charge in [-0.1, -0.05) is 55.5 Å². The third kappa shape index (κ3) is 3.36. The van der Waals surface area contributed by atoms with Crippen LogP contribution in [0.25, 0.3) is 0 Å². The summed E-state index contributed by atoms with van der Waals surface area (Å²) < 4.78 is 0. The third-order valence-electron chi connectivity index (χ3n) is 3.36. The molecule has 1 N–H and O–H groups in total. The molecule has 0 radical (unpaired) electrons. The van der Waals surface area contributed by atoms with Crippen LogP contribution in [0.2, 0.25) is 0 Å². The maximum absolute atomic E-state index is 10.1. The predicted octanol–water partition coefficient (Wildman–Crippen LogP) is 3.77. The van der Waals surface area contributed by atoms with E-state index in [1.54, 1.807) is 0 Å². The van der Waals surface area contributed by atoms with Gasteiger partial charge in [-0.25, -0.2) is 0 Å². The van der Waals surface area contributed by atoms with Crippen LogP contribution in [0.15, 0.2) is 54.6 Å². The van der Waals surface area contributed by atoms with Gasteiger partial charge in [0, 0.05) is 24.8 Å². The first-order valence-electron chi connectivity index (χ1n) is 6.74. The summed E-state index contributed by atoms with van der Waals surface area (Å²) in [5.74, 6) is 0. The first kappa shape index (κ1) is 13.6. The van der Waals surface area contributed by atoms with Gasteiger partial charge in [-0.3, -0.25) is 0 Å². The van der Waals surface area contributed by atoms with Crippen molar-refractivity contribution in [2.75, 3.05) is 11.9 Å². The zero-order chi connectivity index (χ0) is 13.7. The quantitative estimate of drug-likeness (QED) is 0.879. The second kappa shape index (κ2) is 6.39. The van der Waals surface area contributed by atoms with Crippen molar-refractivity contribution in [3.8, 4) is 0 Å². The average molecular weight is 255 g/mol. The fourth-order valence-electron chi connectivity index (χ4n) is 2.28. The van der Waals surface area contributed by atoms with Gasteiger partial charge in [0.25, 0.3) is 0 Å². The molecule has 0 unspecified atom stereocenters. The van der Waals surface area contributed by atoms with E-state index in [1.807, 2.05) is 31.2 Å². The van der Waals surface area contributed by atoms with Crippen LogP contribution in [-0.2, 0) is 6.54 Å². The van der Waals surface area contributed by atoms with Gasteiger partial charge in [0.2, 0.25) is 0 Å². The Bertz CT molecular complexity index is 510. The van der Waals surface area contributed by atoms with Gasteiger partial charge in [0.05, 0.1) is 6.10 Å². The van der Waals surface area contributed by atoms with E-state index in [4.69, 9.17) is 0 Å². The first-order valence-corrected chi connectivity index (χ1v) is 6.74. The zero-order valence-electron chi connectivity index (χ0n) is 11.6. The van der Waals surface area contributed by atoms with Crippen LogP contribution in [0.3, 0.4) is 0 Å². The van der Waals surface area contributed by atoms with Crippen molar-refractivity contribution in [3.63, 3.8) is 0 Å². The van der Waals surface area contributed by atoms with E-state index in [9.17, 15) is 5.11 Å². The Morgan fingerprint density at radius 3 is 2.32 bits per heavy atom. The molecule has 2 rings (SSSR count). The Morgan fingerprint density at radius 1 is 1.00 bits per heavy atom. The summed E-state index contributed by atoms with van der Waals surface area (Å²) in [7, 11) is 2.06. The molecular weight excluding hydrogens is 234 g/mol. The first-order chi connectivity index (χ1) is 9.22. The van der Waals surface area contributed by atoms with Crippen molar-refractivity contribution in [2.24, 2.45) is 0 Å². The number of aliphatic hydroxyl groups is 1. The summed E-state index contributed by atoms with van der Waals surface area (Å²) in [5, 5.41) is 10.1. The highest BCUT2D eigenvalue weighted by molar-refractivity contribution is 5.54. The number of benzene rings is 2. The molecule has 0 amide bonds. The molecule has 0 saturated heterocycles. The number of para-hydroxylation sites is 1. The molecule has 2 nitrogen and oxygen atoms in total. The minimum absolute atomic E-state index is 0.394. The van der Waals surface area contributed by atoms with Crippen molar-refractivity contribution in [1.82, 2.24) is 0 Å². The van der Waals surface area contributed by atoms with Crippen LogP contribution in [0, 0.1) is 0 Å². The Hall–Kier alpha value is -1.80. The topological polar surface area (TPSA) is 23.5 Å². The normalized spacial score (nSPS) is 12.2. The van der Waals surface area contributed by atoms with Crippen LogP contribution in [0.4, 0.5) is 5.69 Å². The van der Waals surface area contributed by atoms with E-state index in [1.165, 1.54) is 5.56 Å². The lowest BCUT2D eigenvalue weighted by atomic mass is 10.0. The number of aliphatic hydroxyl groups excluding tert-OH is 1. The Morgan fingerprint density at radius 2 is 1.63 bits per heavy atom. The number of nitrogens with zero attached hydrogens (tertiary/aromatic N) is 1. The standard InChI is InChI=1S/C17H21NO/c1-3-17(19)15-11-7-8-12-16(15)18(2)13-14-9-5-4-6-10-14/h4-12,17,19H,3,13H2,1-2H3/t17-/m1/s1. The largest absolute Gasteiger partial charge is 0.388 e. The molecule has 0 saturated carbocycles. The molecule has 1 atom stereocenters. The summed E-state index contributed by atoms with van der Waals surface area (Å²) in [6, 6.07) is 18.4. The van der Waals surface area contributed by atoms with Crippen molar-refractivity contribution in [1.29, 1.82) is 0 Å². The van der Waals surface area contributed by atoms with Crippen molar-refractivity contribution in [2.45, 2.75) is 26.0 Å². The molecule has 0 heterocycles. The fraction of sp³-hybridized carbons (Fsp3) is 0.294. The average Bonchev–Trinajstić information content (AvgIpc) is 2.47. The number of rotatable bonds is 5. The van der Waals surface area contributed by atoms with Gasteiger partial charge in [0.15, 0.2) is 0 Å². The molecular formula is C17H21NO. The van der Waals surface area contributed by atoms with Gasteiger partial charge in [-0.15, -0.1) is 0 Å². The van der Waals surface area contributed by atoms with Gasteiger partial charge in [-0.05, 0) is 18.1 Å². The van der Waals surface area contributed by atoms with E-state index in [-0.39, 0.29) is 0 Å². The molecule has 0 aliphatic heterocycles. The maximum Gasteiger partial charge on any atom is 0.0807 e. The third-order valence-corrected chi connectivity index (χ3v) is 3.36. The Balaban J connectivity index is 2.21. The molecule has 2 heteroatoms. The number of anilines is 1. The van der Waals surface area contributed by atoms with Crippen LogP contribution in [0.5, 0.6) is 0 Å². The van der Waals surface area contributed by atoms with E-state index in [0.29, 0.717) is 0 Å². The minimum atomic E-state index is -0.394. The zero-order valence-corrected chi connectivity index (χ0v) is 11.6. The highest BCUT2D eigenvalue weighted by atomic mass is 16.3. The molecule has 0 aliphatic rings. The molecule has 100 valence electrons. The SMILES string of the molecule is CC[C@@H](O)c1ccccc1N(C)Cc1ccccc1. The minimum Gasteiger partial charge on any atom is -0.388 e. The molecule has 0 bridgehead atoms. The highest BCUT2D eigenvalue weighted by Crippen LogP contribution is 2.28. The lowest BCUT2D eigenvalue weighted by molar-refractivity contribution is 0.174. The monoisotopic (exact) mass is 255 g/mol. The molecule has 0 aromatic heterocycles. The highest BCUT2D eigenvalue weighted by Gasteiger charge is 2.13. The van der Waals surface area contributed by atoms with E-state index >= 15 is 0 Å². The lowest BCUT2D eigenvalue weighted by Gasteiger charge is -2.24. The maximum atomic E-state index is 10.1. The van der Waals surface area contributed by atoms with Crippen molar-refractivity contribution < 1.29 is 5.11 Å². The van der Waals surface area contributed by atoms with Crippen molar-refractivity contribution in [3.05, 3.63) is 65.7 Å². The number of hydrogen-bond acceptors (Lipinski definition) is 2. The Labute approximate surface area is 115 Å². The van der Waals surface area contributed by atoms with E-state index < -0.39 is 6.10 Å². The van der Waals surface area contributed by atoms with Gasteiger partial charge in [0.1, 0.15) is 0 Å². The summed E-state index contributed by atoms with van der Waals surface area (Å²) >= 11 is 0. The Kier molecular flexibility index (Phi) is 4.58. The van der Waals surface area contributed by atoms with Crippen LogP contribution in [-0.4, -0.2) is 12.2 Å². The molecule has 0 spiro atoms. The van der Waals surface area contributed by atoms with Gasteiger partial charge < -0.3 is 10.0 Å². The van der Waals surface area contributed by atoms with Crippen molar-refractivity contribution >= 4 is 5.69 Å². The van der Waals surface area contributed by atoms with Gasteiger partial charge in [-0.2, -0.15) is 0 Å². The van der Waals surface area contributed by atoms with Crippen LogP contribution in [0.1, 0.15) is 30.6 Å². The summed E-state index contributed by atoms with van der Waals surface area (Å²) in [6.07, 6.45) is 0.338. The second-order valence-electron chi connectivity index (χ2n) is 4.82. The van der Waals surface area contributed by atoms with Crippen LogP contribution >= 0.6 is 0 Å². The molecule has 0 fully saturated rings. The van der Waals surface area contributed by atoms with Crippen LogP contribution < -0.4 is 4.90 Å². The van der Waals surface area contributed by atoms with E-state index in [2.05, 4.69) is 42.3 Å². The molecule has 19 heavy (non-hydrogen) atoms. The second-order valence-corrected chi connectivity index (χ2v) is 4.82.